The van der Waals surface area contributed by atoms with Crippen molar-refractivity contribution in [3.63, 3.8) is 0 Å². The quantitative estimate of drug-likeness (QED) is 0.344. The first-order valence-corrected chi connectivity index (χ1v) is 13.2. The van der Waals surface area contributed by atoms with Gasteiger partial charge in [-0.05, 0) is 73.1 Å². The second kappa shape index (κ2) is 9.79. The molecule has 208 valence electrons. The minimum absolute atomic E-state index is 0.0198. The molecule has 0 saturated heterocycles. The van der Waals surface area contributed by atoms with Crippen molar-refractivity contribution < 1.29 is 22.7 Å². The Hall–Kier alpha value is -4.15. The molecule has 0 bridgehead atoms. The van der Waals surface area contributed by atoms with E-state index in [1.807, 2.05) is 34.7 Å². The van der Waals surface area contributed by atoms with Gasteiger partial charge in [-0.2, -0.15) is 18.3 Å². The number of benzene rings is 1. The Balaban J connectivity index is 1.47. The second-order valence-corrected chi connectivity index (χ2v) is 10.4. The highest BCUT2D eigenvalue weighted by Gasteiger charge is 2.40. The van der Waals surface area contributed by atoms with E-state index in [0.29, 0.717) is 42.0 Å². The summed E-state index contributed by atoms with van der Waals surface area (Å²) in [6, 6.07) is 5.35. The molecule has 1 atom stereocenters. The number of amides is 1. The van der Waals surface area contributed by atoms with Gasteiger partial charge in [-0.25, -0.2) is 4.98 Å². The molecule has 4 heterocycles. The molecule has 0 radical (unpaired) electrons. The fourth-order valence-corrected chi connectivity index (χ4v) is 6.01. The molecule has 4 aromatic rings. The first kappa shape index (κ1) is 26.1. The Morgan fingerprint density at radius 2 is 1.90 bits per heavy atom. The van der Waals surface area contributed by atoms with E-state index in [4.69, 9.17) is 4.74 Å². The number of imidazole rings is 1. The minimum atomic E-state index is -4.64. The van der Waals surface area contributed by atoms with Crippen molar-refractivity contribution in [2.24, 2.45) is 7.05 Å². The molecule has 11 heteroatoms. The molecule has 8 nitrogen and oxygen atoms in total. The lowest BCUT2D eigenvalue weighted by Crippen LogP contribution is -2.42. The first-order chi connectivity index (χ1) is 19.1. The molecule has 3 aromatic heterocycles. The van der Waals surface area contributed by atoms with E-state index in [0.717, 1.165) is 41.9 Å². The van der Waals surface area contributed by atoms with Crippen LogP contribution in [0.4, 0.5) is 13.2 Å². The third-order valence-corrected chi connectivity index (χ3v) is 7.91. The zero-order chi connectivity index (χ0) is 28.2. The van der Waals surface area contributed by atoms with Crippen molar-refractivity contribution in [2.45, 2.75) is 51.4 Å². The molecule has 1 amide bonds. The average molecular weight is 551 g/mol. The van der Waals surface area contributed by atoms with Crippen molar-refractivity contribution >= 4 is 5.91 Å². The number of rotatable bonds is 5. The predicted octanol–water partition coefficient (Wildman–Crippen LogP) is 5.14. The number of hydrogen-bond acceptors (Lipinski definition) is 5. The predicted molar refractivity (Wildman–Crippen MR) is 141 cm³/mol. The smallest absolute Gasteiger partial charge is 0.435 e. The molecule has 0 saturated carbocycles. The molecule has 2 aliphatic rings. The standard InChI is InChI=1S/C29H29F3N6O2/c1-17-33-8-10-37(17)15-18-11-21(24-16-36(2)35-27(24)29(30,31)32)20-7-9-38(28(39)22(20)12-18)26-6-4-5-25-23(26)13-19(40-3)14-34-25/h8,10-14,16,26H,4-7,9,15H2,1-3H3/t26-/m0/s1. The molecule has 1 aliphatic heterocycles. The van der Waals surface area contributed by atoms with Crippen LogP contribution in [0.2, 0.25) is 0 Å². The average Bonchev–Trinajstić information content (AvgIpc) is 3.53. The lowest BCUT2D eigenvalue weighted by molar-refractivity contribution is -0.140. The molecular weight excluding hydrogens is 521 g/mol. The lowest BCUT2D eigenvalue weighted by atomic mass is 9.85. The first-order valence-electron chi connectivity index (χ1n) is 13.2. The van der Waals surface area contributed by atoms with Crippen LogP contribution in [0, 0.1) is 6.92 Å². The summed E-state index contributed by atoms with van der Waals surface area (Å²) in [6.45, 7) is 2.62. The van der Waals surface area contributed by atoms with E-state index < -0.39 is 11.9 Å². The van der Waals surface area contributed by atoms with E-state index in [1.165, 1.54) is 17.9 Å². The van der Waals surface area contributed by atoms with Gasteiger partial charge >= 0.3 is 6.18 Å². The summed E-state index contributed by atoms with van der Waals surface area (Å²) in [7, 11) is 3.06. The van der Waals surface area contributed by atoms with Crippen LogP contribution in [0.3, 0.4) is 0 Å². The van der Waals surface area contributed by atoms with Gasteiger partial charge in [-0.15, -0.1) is 0 Å². The number of nitrogens with zero attached hydrogens (tertiary/aromatic N) is 6. The van der Waals surface area contributed by atoms with Gasteiger partial charge in [-0.3, -0.25) is 14.5 Å². The van der Waals surface area contributed by atoms with Crippen LogP contribution in [-0.4, -0.2) is 48.8 Å². The van der Waals surface area contributed by atoms with Crippen LogP contribution in [0.15, 0.2) is 43.0 Å². The maximum atomic E-state index is 14.2. The van der Waals surface area contributed by atoms with Gasteiger partial charge in [-0.1, -0.05) is 0 Å². The van der Waals surface area contributed by atoms with Crippen LogP contribution in [-0.2, 0) is 32.6 Å². The third-order valence-electron chi connectivity index (χ3n) is 7.91. The van der Waals surface area contributed by atoms with Crippen molar-refractivity contribution in [2.75, 3.05) is 13.7 Å². The SMILES string of the molecule is COc1cnc2c(c1)[C@@H](N1CCc3c(cc(Cn4ccnc4C)cc3-c3cn(C)nc3C(F)(F)F)C1=O)CCC2. The van der Waals surface area contributed by atoms with Crippen molar-refractivity contribution in [1.29, 1.82) is 0 Å². The van der Waals surface area contributed by atoms with Gasteiger partial charge < -0.3 is 14.2 Å². The lowest BCUT2D eigenvalue weighted by Gasteiger charge is -2.39. The third kappa shape index (κ3) is 4.52. The number of fused-ring (bicyclic) bond motifs is 2. The van der Waals surface area contributed by atoms with Gasteiger partial charge in [0.2, 0.25) is 0 Å². The number of halogens is 3. The van der Waals surface area contributed by atoms with Crippen LogP contribution >= 0.6 is 0 Å². The molecule has 0 fully saturated rings. The molecule has 0 N–H and O–H groups in total. The van der Waals surface area contributed by atoms with Gasteiger partial charge in [0.05, 0.1) is 19.3 Å². The highest BCUT2D eigenvalue weighted by atomic mass is 19.4. The van der Waals surface area contributed by atoms with Crippen molar-refractivity contribution in [1.82, 2.24) is 29.2 Å². The maximum absolute atomic E-state index is 14.2. The Kier molecular flexibility index (Phi) is 6.39. The van der Waals surface area contributed by atoms with Crippen LogP contribution in [0.25, 0.3) is 11.1 Å². The molecule has 1 aromatic carbocycles. The molecule has 0 spiro atoms. The number of carbonyl (C=O) groups excluding carboxylic acids is 1. The normalized spacial score (nSPS) is 17.1. The maximum Gasteiger partial charge on any atom is 0.435 e. The Morgan fingerprint density at radius 1 is 1.10 bits per heavy atom. The number of methoxy groups -OCH3 is 1. The van der Waals surface area contributed by atoms with E-state index in [-0.39, 0.29) is 17.5 Å². The number of carbonyl (C=O) groups is 1. The zero-order valence-electron chi connectivity index (χ0n) is 22.5. The van der Waals surface area contributed by atoms with Gasteiger partial charge in [0.15, 0.2) is 5.69 Å². The fraction of sp³-hybridized carbons (Fsp3) is 0.379. The van der Waals surface area contributed by atoms with Crippen LogP contribution in [0.5, 0.6) is 5.75 Å². The Labute approximate surface area is 229 Å². The zero-order valence-corrected chi connectivity index (χ0v) is 22.5. The summed E-state index contributed by atoms with van der Waals surface area (Å²) in [6.07, 6.45) is 4.86. The Morgan fingerprint density at radius 3 is 2.62 bits per heavy atom. The molecule has 6 rings (SSSR count). The molecule has 0 unspecified atom stereocenters. The van der Waals surface area contributed by atoms with Gasteiger partial charge in [0.25, 0.3) is 5.91 Å². The van der Waals surface area contributed by atoms with Gasteiger partial charge in [0, 0.05) is 55.5 Å². The van der Waals surface area contributed by atoms with Crippen LogP contribution in [0.1, 0.15) is 63.1 Å². The van der Waals surface area contributed by atoms with Crippen molar-refractivity contribution in [3.05, 3.63) is 82.5 Å². The molecule has 40 heavy (non-hydrogen) atoms. The minimum Gasteiger partial charge on any atom is -0.495 e. The number of pyridine rings is 1. The number of aromatic nitrogens is 5. The largest absolute Gasteiger partial charge is 0.495 e. The highest BCUT2D eigenvalue weighted by molar-refractivity contribution is 5.99. The summed E-state index contributed by atoms with van der Waals surface area (Å²) in [5.41, 5.74) is 3.10. The summed E-state index contributed by atoms with van der Waals surface area (Å²) < 4.78 is 50.6. The summed E-state index contributed by atoms with van der Waals surface area (Å²) in [5, 5.41) is 3.74. The highest BCUT2D eigenvalue weighted by Crippen LogP contribution is 2.42. The van der Waals surface area contributed by atoms with Crippen molar-refractivity contribution in [3.8, 4) is 16.9 Å². The number of aryl methyl sites for hydroxylation is 3. The van der Waals surface area contributed by atoms with Gasteiger partial charge in [0.1, 0.15) is 11.6 Å². The van der Waals surface area contributed by atoms with E-state index in [1.54, 1.807) is 25.6 Å². The van der Waals surface area contributed by atoms with Crippen LogP contribution < -0.4 is 4.74 Å². The molecule has 1 aliphatic carbocycles. The summed E-state index contributed by atoms with van der Waals surface area (Å²) in [4.78, 5) is 24.9. The summed E-state index contributed by atoms with van der Waals surface area (Å²) >= 11 is 0. The number of ether oxygens (including phenoxy) is 1. The fourth-order valence-electron chi connectivity index (χ4n) is 6.01. The Bertz CT molecular complexity index is 1610. The number of alkyl halides is 3. The topological polar surface area (TPSA) is 78.1 Å². The van der Waals surface area contributed by atoms with E-state index in [2.05, 4.69) is 15.1 Å². The summed E-state index contributed by atoms with van der Waals surface area (Å²) in [5.74, 6) is 1.21. The van der Waals surface area contributed by atoms with E-state index >= 15 is 0 Å². The monoisotopic (exact) mass is 550 g/mol. The number of hydrogen-bond donors (Lipinski definition) is 0. The van der Waals surface area contributed by atoms with E-state index in [9.17, 15) is 18.0 Å². The second-order valence-electron chi connectivity index (χ2n) is 10.4. The molecular formula is C29H29F3N6O2.